The largest absolute Gasteiger partial charge is 0.442 e. The van der Waals surface area contributed by atoms with E-state index in [0.29, 0.717) is 5.65 Å². The van der Waals surface area contributed by atoms with Crippen LogP contribution in [-0.2, 0) is 6.42 Å². The first-order valence-corrected chi connectivity index (χ1v) is 3.58. The van der Waals surface area contributed by atoms with Crippen molar-refractivity contribution in [2.24, 2.45) is 0 Å². The quantitative estimate of drug-likeness (QED) is 0.618. The van der Waals surface area contributed by atoms with Gasteiger partial charge in [0.05, 0.1) is 0 Å². The highest BCUT2D eigenvalue weighted by Gasteiger charge is 1.98. The van der Waals surface area contributed by atoms with Crippen molar-refractivity contribution in [1.82, 2.24) is 9.97 Å². The number of pyridine rings is 1. The fourth-order valence-corrected chi connectivity index (χ4v) is 0.988. The lowest BCUT2D eigenvalue weighted by Crippen LogP contribution is -1.82. The van der Waals surface area contributed by atoms with Crippen LogP contribution >= 0.6 is 0 Å². The monoisotopic (exact) mass is 148 g/mol. The molecule has 0 spiro atoms. The summed E-state index contributed by atoms with van der Waals surface area (Å²) in [6.07, 6.45) is 4.21. The van der Waals surface area contributed by atoms with Crippen LogP contribution in [0, 0.1) is 0 Å². The summed E-state index contributed by atoms with van der Waals surface area (Å²) >= 11 is 0. The Bertz CT molecular complexity index is 367. The van der Waals surface area contributed by atoms with Crippen molar-refractivity contribution in [2.75, 3.05) is 0 Å². The number of oxazole rings is 1. The Morgan fingerprint density at radius 3 is 3.18 bits per heavy atom. The van der Waals surface area contributed by atoms with E-state index in [1.807, 2.05) is 12.3 Å². The molecule has 0 N–H and O–H groups in total. The van der Waals surface area contributed by atoms with Gasteiger partial charge in [0.15, 0.2) is 17.6 Å². The summed E-state index contributed by atoms with van der Waals surface area (Å²) in [4.78, 5) is 8.02. The van der Waals surface area contributed by atoms with E-state index >= 15 is 0 Å². The number of fused-ring (bicyclic) bond motifs is 1. The van der Waals surface area contributed by atoms with E-state index in [2.05, 4.69) is 16.9 Å². The van der Waals surface area contributed by atoms with E-state index in [1.54, 1.807) is 0 Å². The van der Waals surface area contributed by atoms with Crippen LogP contribution in [0.15, 0.2) is 23.1 Å². The van der Waals surface area contributed by atoms with Crippen LogP contribution in [-0.4, -0.2) is 9.97 Å². The summed E-state index contributed by atoms with van der Waals surface area (Å²) < 4.78 is 5.09. The molecular weight excluding hydrogens is 140 g/mol. The Balaban J connectivity index is 2.67. The first-order valence-electron chi connectivity index (χ1n) is 3.58. The molecule has 0 unspecified atom stereocenters. The fraction of sp³-hybridized carbons (Fsp3) is 0.250. The average Bonchev–Trinajstić information content (AvgIpc) is 2.50. The lowest BCUT2D eigenvalue weighted by molar-refractivity contribution is 0.601. The molecule has 0 aliphatic heterocycles. The van der Waals surface area contributed by atoms with Crippen LogP contribution in [0.5, 0.6) is 0 Å². The Hall–Kier alpha value is -1.38. The van der Waals surface area contributed by atoms with Gasteiger partial charge in [-0.3, -0.25) is 0 Å². The third kappa shape index (κ3) is 0.981. The summed E-state index contributed by atoms with van der Waals surface area (Å²) in [5.41, 5.74) is 2.63. The molecule has 0 aliphatic rings. The van der Waals surface area contributed by atoms with Gasteiger partial charge >= 0.3 is 0 Å². The molecule has 0 radical (unpaired) electrons. The number of nitrogens with zero attached hydrogens (tertiary/aromatic N) is 2. The second-order valence-electron chi connectivity index (χ2n) is 2.37. The fourth-order valence-electron chi connectivity index (χ4n) is 0.988. The van der Waals surface area contributed by atoms with Crippen molar-refractivity contribution in [3.63, 3.8) is 0 Å². The number of aromatic nitrogens is 2. The molecular formula is C8H8N2O. The highest BCUT2D eigenvalue weighted by atomic mass is 16.3. The van der Waals surface area contributed by atoms with Crippen molar-refractivity contribution in [2.45, 2.75) is 13.3 Å². The zero-order chi connectivity index (χ0) is 7.68. The van der Waals surface area contributed by atoms with Crippen LogP contribution in [0.25, 0.3) is 11.2 Å². The SMILES string of the molecule is CCc1cnc2ncoc2c1. The molecule has 0 atom stereocenters. The first-order chi connectivity index (χ1) is 5.40. The van der Waals surface area contributed by atoms with Crippen molar-refractivity contribution in [3.05, 3.63) is 24.2 Å². The molecule has 0 saturated heterocycles. The van der Waals surface area contributed by atoms with Gasteiger partial charge in [0, 0.05) is 6.20 Å². The van der Waals surface area contributed by atoms with Crippen LogP contribution in [0.4, 0.5) is 0 Å². The number of hydrogen-bond donors (Lipinski definition) is 0. The van der Waals surface area contributed by atoms with Gasteiger partial charge in [-0.1, -0.05) is 6.92 Å². The van der Waals surface area contributed by atoms with E-state index in [9.17, 15) is 0 Å². The van der Waals surface area contributed by atoms with Gasteiger partial charge in [-0.25, -0.2) is 4.98 Å². The maximum atomic E-state index is 5.09. The van der Waals surface area contributed by atoms with E-state index < -0.39 is 0 Å². The lowest BCUT2D eigenvalue weighted by Gasteiger charge is -1.91. The van der Waals surface area contributed by atoms with Gasteiger partial charge in [-0.2, -0.15) is 4.98 Å². The highest BCUT2D eigenvalue weighted by molar-refractivity contribution is 5.67. The minimum absolute atomic E-state index is 0.683. The summed E-state index contributed by atoms with van der Waals surface area (Å²) in [5, 5.41) is 0. The molecule has 2 aromatic heterocycles. The Morgan fingerprint density at radius 1 is 1.45 bits per heavy atom. The average molecular weight is 148 g/mol. The second kappa shape index (κ2) is 2.34. The van der Waals surface area contributed by atoms with Crippen molar-refractivity contribution < 1.29 is 4.42 Å². The molecule has 0 fully saturated rings. The summed E-state index contributed by atoms with van der Waals surface area (Å²) in [7, 11) is 0. The van der Waals surface area contributed by atoms with Crippen LogP contribution < -0.4 is 0 Å². The minimum Gasteiger partial charge on any atom is -0.442 e. The van der Waals surface area contributed by atoms with Gasteiger partial charge in [-0.15, -0.1) is 0 Å². The summed E-state index contributed by atoms with van der Waals surface area (Å²) in [6.45, 7) is 2.08. The molecule has 2 rings (SSSR count). The zero-order valence-corrected chi connectivity index (χ0v) is 6.24. The van der Waals surface area contributed by atoms with E-state index in [0.717, 1.165) is 12.0 Å². The first kappa shape index (κ1) is 6.34. The second-order valence-corrected chi connectivity index (χ2v) is 2.37. The van der Waals surface area contributed by atoms with Crippen molar-refractivity contribution in [3.8, 4) is 0 Å². The molecule has 0 bridgehead atoms. The van der Waals surface area contributed by atoms with E-state index in [4.69, 9.17) is 4.42 Å². The number of hydrogen-bond acceptors (Lipinski definition) is 3. The van der Waals surface area contributed by atoms with E-state index in [-0.39, 0.29) is 0 Å². The van der Waals surface area contributed by atoms with Gasteiger partial charge in [0.1, 0.15) is 0 Å². The smallest absolute Gasteiger partial charge is 0.198 e. The van der Waals surface area contributed by atoms with Crippen LogP contribution in [0.1, 0.15) is 12.5 Å². The normalized spacial score (nSPS) is 10.6. The number of rotatable bonds is 1. The summed E-state index contributed by atoms with van der Waals surface area (Å²) in [5.74, 6) is 0. The predicted octanol–water partition coefficient (Wildman–Crippen LogP) is 1.79. The molecule has 0 aliphatic carbocycles. The molecule has 11 heavy (non-hydrogen) atoms. The van der Waals surface area contributed by atoms with Crippen LogP contribution in [0.3, 0.4) is 0 Å². The third-order valence-corrected chi connectivity index (χ3v) is 1.65. The Labute approximate surface area is 64.1 Å². The minimum atomic E-state index is 0.683. The molecule has 2 aromatic rings. The Morgan fingerprint density at radius 2 is 2.36 bits per heavy atom. The van der Waals surface area contributed by atoms with Crippen LogP contribution in [0.2, 0.25) is 0 Å². The third-order valence-electron chi connectivity index (χ3n) is 1.65. The molecule has 3 heteroatoms. The molecule has 0 amide bonds. The van der Waals surface area contributed by atoms with Crippen molar-refractivity contribution in [1.29, 1.82) is 0 Å². The number of aryl methyl sites for hydroxylation is 1. The molecule has 0 saturated carbocycles. The maximum Gasteiger partial charge on any atom is 0.198 e. The van der Waals surface area contributed by atoms with Gasteiger partial charge in [0.25, 0.3) is 0 Å². The van der Waals surface area contributed by atoms with Crippen molar-refractivity contribution >= 4 is 11.2 Å². The molecule has 3 nitrogen and oxygen atoms in total. The van der Waals surface area contributed by atoms with Gasteiger partial charge in [-0.05, 0) is 18.1 Å². The standard InChI is InChI=1S/C8H8N2O/c1-2-6-3-7-8(9-4-6)10-5-11-7/h3-5H,2H2,1H3. The van der Waals surface area contributed by atoms with Gasteiger partial charge in [0.2, 0.25) is 0 Å². The van der Waals surface area contributed by atoms with Gasteiger partial charge < -0.3 is 4.42 Å². The summed E-state index contributed by atoms with van der Waals surface area (Å²) in [6, 6.07) is 1.97. The maximum absolute atomic E-state index is 5.09. The lowest BCUT2D eigenvalue weighted by atomic mass is 10.2. The molecule has 0 aromatic carbocycles. The Kier molecular flexibility index (Phi) is 1.35. The topological polar surface area (TPSA) is 38.9 Å². The molecule has 56 valence electrons. The van der Waals surface area contributed by atoms with E-state index in [1.165, 1.54) is 12.0 Å². The highest BCUT2D eigenvalue weighted by Crippen LogP contribution is 2.10. The predicted molar refractivity (Wildman–Crippen MR) is 41.2 cm³/mol. The molecule has 2 heterocycles. The zero-order valence-electron chi connectivity index (χ0n) is 6.24.